The van der Waals surface area contributed by atoms with E-state index in [2.05, 4.69) is 5.32 Å². The molecule has 146 valence electrons. The highest BCUT2D eigenvalue weighted by Crippen LogP contribution is 2.32. The normalized spacial score (nSPS) is 12.5. The summed E-state index contributed by atoms with van der Waals surface area (Å²) in [4.78, 5) is 13.0. The van der Waals surface area contributed by atoms with Crippen LogP contribution in [0.4, 0.5) is 4.39 Å². The maximum atomic E-state index is 13.6. The van der Waals surface area contributed by atoms with E-state index >= 15 is 0 Å². The molecule has 0 aliphatic carbocycles. The number of carbonyl (C=O) groups is 1. The number of halogens is 2. The van der Waals surface area contributed by atoms with Crippen LogP contribution in [0.1, 0.15) is 26.0 Å². The molecule has 28 heavy (non-hydrogen) atoms. The van der Waals surface area contributed by atoms with Crippen molar-refractivity contribution in [1.82, 2.24) is 5.32 Å². The number of carbonyl (C=O) groups excluding carboxylic acids is 1. The summed E-state index contributed by atoms with van der Waals surface area (Å²) in [5.41, 5.74) is 0.585. The highest BCUT2D eigenvalue weighted by molar-refractivity contribution is 7.91. The lowest BCUT2D eigenvalue weighted by Crippen LogP contribution is -2.31. The van der Waals surface area contributed by atoms with Gasteiger partial charge in [-0.1, -0.05) is 23.7 Å². The van der Waals surface area contributed by atoms with Crippen molar-refractivity contribution in [3.05, 3.63) is 86.8 Å². The highest BCUT2D eigenvalue weighted by Gasteiger charge is 2.31. The van der Waals surface area contributed by atoms with Gasteiger partial charge in [0.2, 0.25) is 0 Å². The molecule has 3 aromatic rings. The zero-order valence-corrected chi connectivity index (χ0v) is 17.2. The van der Waals surface area contributed by atoms with Crippen LogP contribution < -0.4 is 5.32 Å². The molecule has 0 fully saturated rings. The number of thiophene rings is 1. The number of benzene rings is 2. The fourth-order valence-corrected chi connectivity index (χ4v) is 5.77. The van der Waals surface area contributed by atoms with Crippen LogP contribution >= 0.6 is 22.9 Å². The van der Waals surface area contributed by atoms with E-state index in [0.29, 0.717) is 15.5 Å². The Morgan fingerprint density at radius 2 is 1.96 bits per heavy atom. The first-order chi connectivity index (χ1) is 13.3. The average molecular weight is 438 g/mol. The number of sulfone groups is 1. The van der Waals surface area contributed by atoms with Crippen molar-refractivity contribution in [2.75, 3.05) is 6.54 Å². The number of hydrogen-bond donors (Lipinski definition) is 1. The number of nitrogens with one attached hydrogen (secondary N) is 1. The first-order valence-corrected chi connectivity index (χ1v) is 11.2. The fourth-order valence-electron chi connectivity index (χ4n) is 2.71. The van der Waals surface area contributed by atoms with Gasteiger partial charge >= 0.3 is 0 Å². The third kappa shape index (κ3) is 4.43. The van der Waals surface area contributed by atoms with Crippen LogP contribution in [0.2, 0.25) is 5.02 Å². The van der Waals surface area contributed by atoms with Gasteiger partial charge in [0.1, 0.15) is 11.1 Å². The summed E-state index contributed by atoms with van der Waals surface area (Å²) in [6.45, 7) is 1.39. The molecule has 2 aromatic carbocycles. The van der Waals surface area contributed by atoms with Crippen LogP contribution in [-0.4, -0.2) is 20.9 Å². The summed E-state index contributed by atoms with van der Waals surface area (Å²) in [6.07, 6.45) is 0. The van der Waals surface area contributed by atoms with Gasteiger partial charge in [-0.15, -0.1) is 11.3 Å². The Balaban J connectivity index is 1.89. The summed E-state index contributed by atoms with van der Waals surface area (Å²) >= 11 is 7.19. The van der Waals surface area contributed by atoms with Crippen LogP contribution in [-0.2, 0) is 9.84 Å². The molecule has 4 nitrogen and oxygen atoms in total. The molecule has 8 heteroatoms. The van der Waals surface area contributed by atoms with Gasteiger partial charge in [-0.3, -0.25) is 4.79 Å². The third-order valence-corrected chi connectivity index (χ3v) is 7.68. The van der Waals surface area contributed by atoms with Crippen molar-refractivity contribution >= 4 is 38.7 Å². The van der Waals surface area contributed by atoms with Gasteiger partial charge in [-0.2, -0.15) is 0 Å². The molecule has 3 rings (SSSR count). The van der Waals surface area contributed by atoms with Crippen LogP contribution in [0.15, 0.2) is 64.9 Å². The minimum Gasteiger partial charge on any atom is -0.350 e. The molecule has 0 bridgehead atoms. The zero-order chi connectivity index (χ0) is 20.3. The van der Waals surface area contributed by atoms with Gasteiger partial charge in [0.25, 0.3) is 5.91 Å². The fraction of sp³-hybridized carbons (Fsp3) is 0.150. The second-order valence-electron chi connectivity index (χ2n) is 6.18. The largest absolute Gasteiger partial charge is 0.350 e. The lowest BCUT2D eigenvalue weighted by atomic mass is 10.2. The van der Waals surface area contributed by atoms with Crippen LogP contribution in [0.25, 0.3) is 0 Å². The van der Waals surface area contributed by atoms with Crippen molar-refractivity contribution in [3.63, 3.8) is 0 Å². The molecule has 0 aliphatic rings. The van der Waals surface area contributed by atoms with Crippen molar-refractivity contribution < 1.29 is 17.6 Å². The minimum absolute atomic E-state index is 0.0156. The molecule has 1 aromatic heterocycles. The second kappa shape index (κ2) is 8.43. The first kappa shape index (κ1) is 20.5. The van der Waals surface area contributed by atoms with Crippen LogP contribution in [0, 0.1) is 12.7 Å². The second-order valence-corrected chi connectivity index (χ2v) is 9.73. The number of hydrogen-bond acceptors (Lipinski definition) is 4. The van der Waals surface area contributed by atoms with Crippen molar-refractivity contribution in [2.45, 2.75) is 17.1 Å². The summed E-state index contributed by atoms with van der Waals surface area (Å²) in [7, 11) is -3.85. The molecular formula is C20H17ClFNO3S2. The van der Waals surface area contributed by atoms with Crippen LogP contribution in [0.5, 0.6) is 0 Å². The molecule has 1 atom stereocenters. The number of rotatable bonds is 6. The first-order valence-electron chi connectivity index (χ1n) is 8.36. The molecule has 0 aliphatic heterocycles. The minimum atomic E-state index is -3.85. The number of amides is 1. The van der Waals surface area contributed by atoms with Gasteiger partial charge in [-0.25, -0.2) is 12.8 Å². The maximum absolute atomic E-state index is 13.6. The van der Waals surface area contributed by atoms with Gasteiger partial charge in [0.15, 0.2) is 9.84 Å². The Labute approximate surface area is 171 Å². The smallest absolute Gasteiger partial charge is 0.251 e. The lowest BCUT2D eigenvalue weighted by molar-refractivity contribution is 0.0953. The third-order valence-electron chi connectivity index (χ3n) is 4.23. The summed E-state index contributed by atoms with van der Waals surface area (Å²) in [5.74, 6) is -0.893. The summed E-state index contributed by atoms with van der Waals surface area (Å²) in [6, 6.07) is 13.5. The lowest BCUT2D eigenvalue weighted by Gasteiger charge is -2.18. The van der Waals surface area contributed by atoms with Gasteiger partial charge in [0, 0.05) is 22.0 Å². The Hall–Kier alpha value is -2.22. The molecule has 0 saturated heterocycles. The SMILES string of the molecule is Cc1cc(S(=O)(=O)C(CNC(=O)c2cccc(Cl)c2)c2cccs2)ccc1F. The summed E-state index contributed by atoms with van der Waals surface area (Å²) in [5, 5.41) is 3.87. The van der Waals surface area contributed by atoms with E-state index < -0.39 is 26.8 Å². The molecule has 0 radical (unpaired) electrons. The van der Waals surface area contributed by atoms with E-state index in [9.17, 15) is 17.6 Å². The highest BCUT2D eigenvalue weighted by atomic mass is 35.5. The topological polar surface area (TPSA) is 63.2 Å². The maximum Gasteiger partial charge on any atom is 0.251 e. The molecule has 1 amide bonds. The monoisotopic (exact) mass is 437 g/mol. The Morgan fingerprint density at radius 3 is 2.61 bits per heavy atom. The van der Waals surface area contributed by atoms with E-state index in [4.69, 9.17) is 11.6 Å². The summed E-state index contributed by atoms with van der Waals surface area (Å²) < 4.78 is 40.0. The molecule has 0 saturated carbocycles. The molecule has 1 unspecified atom stereocenters. The van der Waals surface area contributed by atoms with Gasteiger partial charge in [0.05, 0.1) is 4.90 Å². The predicted octanol–water partition coefficient (Wildman–Crippen LogP) is 4.79. The zero-order valence-electron chi connectivity index (χ0n) is 14.9. The van der Waals surface area contributed by atoms with Gasteiger partial charge in [-0.05, 0) is 60.3 Å². The van der Waals surface area contributed by atoms with Crippen molar-refractivity contribution in [3.8, 4) is 0 Å². The average Bonchev–Trinajstić information content (AvgIpc) is 3.18. The molecule has 1 heterocycles. The molecular weight excluding hydrogens is 421 g/mol. The molecule has 1 N–H and O–H groups in total. The van der Waals surface area contributed by atoms with E-state index in [1.807, 2.05) is 0 Å². The molecule has 0 spiro atoms. The van der Waals surface area contributed by atoms with E-state index in [-0.39, 0.29) is 17.0 Å². The van der Waals surface area contributed by atoms with Crippen LogP contribution in [0.3, 0.4) is 0 Å². The van der Waals surface area contributed by atoms with Crippen molar-refractivity contribution in [1.29, 1.82) is 0 Å². The Bertz CT molecular complexity index is 1100. The Kier molecular flexibility index (Phi) is 6.17. The predicted molar refractivity (Wildman–Crippen MR) is 109 cm³/mol. The standard InChI is InChI=1S/C20H17ClFNO3S2/c1-13-10-16(7-8-17(13)22)28(25,26)19(18-6-3-9-27-18)12-23-20(24)14-4-2-5-15(21)11-14/h2-11,19H,12H2,1H3,(H,23,24). The van der Waals surface area contributed by atoms with Gasteiger partial charge < -0.3 is 5.32 Å². The van der Waals surface area contributed by atoms with E-state index in [1.54, 1.807) is 35.7 Å². The number of aryl methyl sites for hydroxylation is 1. The quantitative estimate of drug-likeness (QED) is 0.564. The van der Waals surface area contributed by atoms with Crippen molar-refractivity contribution in [2.24, 2.45) is 0 Å². The Morgan fingerprint density at radius 1 is 1.18 bits per heavy atom. The van der Waals surface area contributed by atoms with E-state index in [0.717, 1.165) is 6.07 Å². The van der Waals surface area contributed by atoms with E-state index in [1.165, 1.54) is 36.5 Å².